The number of hydrogen-bond donors (Lipinski definition) is 0. The number of hydrogen-bond acceptors (Lipinski definition) is 6. The second kappa shape index (κ2) is 6.67. The fraction of sp³-hybridized carbons (Fsp3) is 0.316. The van der Waals surface area contributed by atoms with Crippen LogP contribution in [0.2, 0.25) is 0 Å². The summed E-state index contributed by atoms with van der Waals surface area (Å²) in [5.41, 5.74) is 1.91. The summed E-state index contributed by atoms with van der Waals surface area (Å²) in [5, 5.41) is 8.04. The molecule has 0 unspecified atom stereocenters. The molecule has 0 radical (unpaired) electrons. The van der Waals surface area contributed by atoms with Crippen molar-refractivity contribution in [2.45, 2.75) is 25.8 Å². The molecular weight excluding hydrogens is 334 g/mol. The van der Waals surface area contributed by atoms with Crippen molar-refractivity contribution < 1.29 is 18.6 Å². The normalized spacial score (nSPS) is 16.8. The zero-order valence-corrected chi connectivity index (χ0v) is 14.6. The number of nitrogens with zero attached hydrogens (tertiary/aromatic N) is 3. The molecule has 1 atom stereocenters. The molecular formula is C19H19N3O4. The Bertz CT molecular complexity index is 913. The highest BCUT2D eigenvalue weighted by Crippen LogP contribution is 2.33. The monoisotopic (exact) mass is 353 g/mol. The Morgan fingerprint density at radius 1 is 1.19 bits per heavy atom. The number of likely N-dealkylation sites (tertiary alicyclic amines) is 1. The Hall–Kier alpha value is -3.09. The molecule has 0 N–H and O–H groups in total. The van der Waals surface area contributed by atoms with E-state index in [0.717, 1.165) is 35.6 Å². The van der Waals surface area contributed by atoms with Crippen LogP contribution in [-0.2, 0) is 0 Å². The third-order valence-electron chi connectivity index (χ3n) is 4.61. The minimum absolute atomic E-state index is 0.0823. The van der Waals surface area contributed by atoms with Crippen LogP contribution in [0.15, 0.2) is 45.4 Å². The van der Waals surface area contributed by atoms with Gasteiger partial charge >= 0.3 is 0 Å². The standard InChI is InChI=1S/C19H19N3O4/c1-12-10-15(20-25-12)17-4-3-9-22(17)19(23)16-11-18(26-21-16)13-5-7-14(24-2)8-6-13/h5-8,10-11,17H,3-4,9H2,1-2H3/t17-/m1/s1. The first-order valence-electron chi connectivity index (χ1n) is 8.51. The van der Waals surface area contributed by atoms with E-state index in [0.29, 0.717) is 18.0 Å². The van der Waals surface area contributed by atoms with E-state index in [1.165, 1.54) is 0 Å². The molecule has 7 heteroatoms. The second-order valence-electron chi connectivity index (χ2n) is 6.32. The van der Waals surface area contributed by atoms with Gasteiger partial charge in [-0.3, -0.25) is 4.79 Å². The van der Waals surface area contributed by atoms with Crippen LogP contribution in [0.1, 0.15) is 40.8 Å². The minimum Gasteiger partial charge on any atom is -0.497 e. The van der Waals surface area contributed by atoms with Gasteiger partial charge in [-0.25, -0.2) is 0 Å². The molecule has 1 amide bonds. The number of carbonyl (C=O) groups excluding carboxylic acids is 1. The predicted octanol–water partition coefficient (Wildman–Crippen LogP) is 3.62. The van der Waals surface area contributed by atoms with Crippen LogP contribution in [0.25, 0.3) is 11.3 Å². The average Bonchev–Trinajstić information content (AvgIpc) is 3.41. The molecule has 26 heavy (non-hydrogen) atoms. The van der Waals surface area contributed by atoms with E-state index in [2.05, 4.69) is 10.3 Å². The van der Waals surface area contributed by atoms with Crippen molar-refractivity contribution in [1.29, 1.82) is 0 Å². The molecule has 2 aromatic heterocycles. The first-order valence-corrected chi connectivity index (χ1v) is 8.51. The summed E-state index contributed by atoms with van der Waals surface area (Å²) in [7, 11) is 1.61. The molecule has 1 aliphatic rings. The maximum atomic E-state index is 12.9. The van der Waals surface area contributed by atoms with Gasteiger partial charge in [0.2, 0.25) is 0 Å². The van der Waals surface area contributed by atoms with Crippen molar-refractivity contribution in [3.05, 3.63) is 53.5 Å². The molecule has 0 aliphatic carbocycles. The Kier molecular flexibility index (Phi) is 4.20. The van der Waals surface area contributed by atoms with Gasteiger partial charge < -0.3 is 18.7 Å². The van der Waals surface area contributed by atoms with E-state index in [4.69, 9.17) is 13.8 Å². The third kappa shape index (κ3) is 2.96. The van der Waals surface area contributed by atoms with Crippen molar-refractivity contribution in [2.24, 2.45) is 0 Å². The summed E-state index contributed by atoms with van der Waals surface area (Å²) in [6.45, 7) is 2.51. The summed E-state index contributed by atoms with van der Waals surface area (Å²) in [5.74, 6) is 1.88. The van der Waals surface area contributed by atoms with Gasteiger partial charge in [0.15, 0.2) is 11.5 Å². The lowest BCUT2D eigenvalue weighted by molar-refractivity contribution is 0.0720. The van der Waals surface area contributed by atoms with Crippen LogP contribution < -0.4 is 4.74 Å². The molecule has 7 nitrogen and oxygen atoms in total. The van der Waals surface area contributed by atoms with Gasteiger partial charge in [0.25, 0.3) is 5.91 Å². The zero-order valence-electron chi connectivity index (χ0n) is 14.6. The van der Waals surface area contributed by atoms with Crippen LogP contribution in [0, 0.1) is 6.92 Å². The molecule has 0 bridgehead atoms. The maximum Gasteiger partial charge on any atom is 0.276 e. The summed E-state index contributed by atoms with van der Waals surface area (Å²) >= 11 is 0. The summed E-state index contributed by atoms with van der Waals surface area (Å²) in [6, 6.07) is 10.9. The van der Waals surface area contributed by atoms with Crippen LogP contribution in [-0.4, -0.2) is 34.8 Å². The fourth-order valence-electron chi connectivity index (χ4n) is 3.27. The number of methoxy groups -OCH3 is 1. The molecule has 1 saturated heterocycles. The lowest BCUT2D eigenvalue weighted by Gasteiger charge is -2.21. The summed E-state index contributed by atoms with van der Waals surface area (Å²) < 4.78 is 15.7. The average molecular weight is 353 g/mol. The van der Waals surface area contributed by atoms with Crippen LogP contribution in [0.5, 0.6) is 5.75 Å². The first-order chi connectivity index (χ1) is 12.7. The van der Waals surface area contributed by atoms with Gasteiger partial charge in [-0.15, -0.1) is 0 Å². The van der Waals surface area contributed by atoms with E-state index in [-0.39, 0.29) is 11.9 Å². The van der Waals surface area contributed by atoms with Crippen LogP contribution >= 0.6 is 0 Å². The maximum absolute atomic E-state index is 12.9. The van der Waals surface area contributed by atoms with Crippen LogP contribution in [0.3, 0.4) is 0 Å². The summed E-state index contributed by atoms with van der Waals surface area (Å²) in [4.78, 5) is 14.7. The number of rotatable bonds is 4. The van der Waals surface area contributed by atoms with E-state index in [1.807, 2.05) is 37.3 Å². The molecule has 0 saturated carbocycles. The van der Waals surface area contributed by atoms with Gasteiger partial charge in [0.05, 0.1) is 13.2 Å². The molecule has 0 spiro atoms. The van der Waals surface area contributed by atoms with E-state index in [9.17, 15) is 4.79 Å². The van der Waals surface area contributed by atoms with Gasteiger partial charge in [-0.05, 0) is 44.0 Å². The fourth-order valence-corrected chi connectivity index (χ4v) is 3.27. The zero-order chi connectivity index (χ0) is 18.1. The van der Waals surface area contributed by atoms with Gasteiger partial charge in [-0.2, -0.15) is 0 Å². The van der Waals surface area contributed by atoms with Crippen molar-refractivity contribution in [1.82, 2.24) is 15.2 Å². The van der Waals surface area contributed by atoms with Crippen LogP contribution in [0.4, 0.5) is 0 Å². The predicted molar refractivity (Wildman–Crippen MR) is 92.7 cm³/mol. The number of aryl methyl sites for hydroxylation is 1. The number of ether oxygens (including phenoxy) is 1. The highest BCUT2D eigenvalue weighted by molar-refractivity contribution is 5.93. The lowest BCUT2D eigenvalue weighted by Crippen LogP contribution is -2.30. The van der Waals surface area contributed by atoms with Gasteiger partial charge in [0, 0.05) is 24.2 Å². The quantitative estimate of drug-likeness (QED) is 0.712. The van der Waals surface area contributed by atoms with E-state index in [1.54, 1.807) is 18.1 Å². The number of benzene rings is 1. The smallest absolute Gasteiger partial charge is 0.276 e. The lowest BCUT2D eigenvalue weighted by atomic mass is 10.1. The third-order valence-corrected chi connectivity index (χ3v) is 4.61. The Morgan fingerprint density at radius 3 is 2.69 bits per heavy atom. The highest BCUT2D eigenvalue weighted by Gasteiger charge is 2.34. The number of aromatic nitrogens is 2. The summed E-state index contributed by atoms with van der Waals surface area (Å²) in [6.07, 6.45) is 1.78. The Balaban J connectivity index is 1.55. The molecule has 1 aliphatic heterocycles. The van der Waals surface area contributed by atoms with Crippen molar-refractivity contribution in [3.8, 4) is 17.1 Å². The Morgan fingerprint density at radius 2 is 2.00 bits per heavy atom. The van der Waals surface area contributed by atoms with Crippen molar-refractivity contribution >= 4 is 5.91 Å². The van der Waals surface area contributed by atoms with Crippen molar-refractivity contribution in [3.63, 3.8) is 0 Å². The molecule has 3 aromatic rings. The minimum atomic E-state index is -0.156. The van der Waals surface area contributed by atoms with E-state index >= 15 is 0 Å². The van der Waals surface area contributed by atoms with Gasteiger partial charge in [-0.1, -0.05) is 10.3 Å². The van der Waals surface area contributed by atoms with Crippen molar-refractivity contribution in [2.75, 3.05) is 13.7 Å². The second-order valence-corrected chi connectivity index (χ2v) is 6.32. The van der Waals surface area contributed by atoms with Gasteiger partial charge in [0.1, 0.15) is 17.2 Å². The molecule has 134 valence electrons. The molecule has 3 heterocycles. The SMILES string of the molecule is COc1ccc(-c2cc(C(=O)N3CCC[C@@H]3c3cc(C)on3)no2)cc1. The topological polar surface area (TPSA) is 81.6 Å². The van der Waals surface area contributed by atoms with E-state index < -0.39 is 0 Å². The number of carbonyl (C=O) groups is 1. The highest BCUT2D eigenvalue weighted by atomic mass is 16.5. The molecule has 4 rings (SSSR count). The Labute approximate surface area is 150 Å². The number of amides is 1. The first kappa shape index (κ1) is 16.4. The largest absolute Gasteiger partial charge is 0.497 e. The molecule has 1 aromatic carbocycles. The molecule has 1 fully saturated rings.